The molecule has 1 aromatic carbocycles. The molecule has 0 bridgehead atoms. The SMILES string of the molecule is O=C(NN=Cc1ccc2c(c1)OCO2)C(=O)Nc1ccccn1. The van der Waals surface area contributed by atoms with Crippen LogP contribution in [0.3, 0.4) is 0 Å². The second-order valence-corrected chi connectivity index (χ2v) is 4.48. The van der Waals surface area contributed by atoms with Gasteiger partial charge in [0.15, 0.2) is 11.5 Å². The van der Waals surface area contributed by atoms with Crippen molar-refractivity contribution < 1.29 is 19.1 Å². The lowest BCUT2D eigenvalue weighted by molar-refractivity contribution is -0.136. The Morgan fingerprint density at radius 2 is 2.00 bits per heavy atom. The summed E-state index contributed by atoms with van der Waals surface area (Å²) >= 11 is 0. The van der Waals surface area contributed by atoms with Gasteiger partial charge in [0.1, 0.15) is 5.82 Å². The molecule has 0 atom stereocenters. The molecule has 3 rings (SSSR count). The van der Waals surface area contributed by atoms with Crippen LogP contribution < -0.4 is 20.2 Å². The molecule has 2 amide bonds. The first-order chi connectivity index (χ1) is 11.2. The predicted molar refractivity (Wildman–Crippen MR) is 81.2 cm³/mol. The van der Waals surface area contributed by atoms with Gasteiger partial charge in [0.25, 0.3) is 0 Å². The molecule has 2 aromatic rings. The van der Waals surface area contributed by atoms with E-state index in [9.17, 15) is 9.59 Å². The lowest BCUT2D eigenvalue weighted by atomic mass is 10.2. The zero-order chi connectivity index (χ0) is 16.1. The molecule has 2 heterocycles. The van der Waals surface area contributed by atoms with E-state index in [1.807, 2.05) is 0 Å². The minimum Gasteiger partial charge on any atom is -0.454 e. The number of benzene rings is 1. The van der Waals surface area contributed by atoms with Gasteiger partial charge in [-0.3, -0.25) is 9.59 Å². The number of fused-ring (bicyclic) bond motifs is 1. The Kier molecular flexibility index (Phi) is 4.14. The number of aromatic nitrogens is 1. The summed E-state index contributed by atoms with van der Waals surface area (Å²) in [5.41, 5.74) is 2.83. The van der Waals surface area contributed by atoms with Crippen LogP contribution in [0.25, 0.3) is 0 Å². The van der Waals surface area contributed by atoms with E-state index < -0.39 is 11.8 Å². The molecular formula is C15H12N4O4. The van der Waals surface area contributed by atoms with Gasteiger partial charge in [-0.15, -0.1) is 0 Å². The first kappa shape index (κ1) is 14.5. The molecule has 2 N–H and O–H groups in total. The molecule has 0 spiro atoms. The molecule has 0 saturated carbocycles. The van der Waals surface area contributed by atoms with Crippen LogP contribution in [0, 0.1) is 0 Å². The number of carbonyl (C=O) groups is 2. The minimum atomic E-state index is -0.896. The Morgan fingerprint density at radius 3 is 2.83 bits per heavy atom. The molecule has 8 nitrogen and oxygen atoms in total. The third kappa shape index (κ3) is 3.62. The average molecular weight is 312 g/mol. The Balaban J connectivity index is 1.55. The monoisotopic (exact) mass is 312 g/mol. The lowest BCUT2D eigenvalue weighted by Gasteiger charge is -2.02. The highest BCUT2D eigenvalue weighted by atomic mass is 16.7. The summed E-state index contributed by atoms with van der Waals surface area (Å²) in [4.78, 5) is 27.1. The number of hydrogen-bond donors (Lipinski definition) is 2. The van der Waals surface area contributed by atoms with E-state index in [4.69, 9.17) is 9.47 Å². The number of ether oxygens (including phenoxy) is 2. The summed E-state index contributed by atoms with van der Waals surface area (Å²) in [6.07, 6.45) is 2.90. The molecular weight excluding hydrogens is 300 g/mol. The standard InChI is InChI=1S/C15H12N4O4/c20-14(18-13-3-1-2-6-16-13)15(21)19-17-8-10-4-5-11-12(7-10)23-9-22-11/h1-8H,9H2,(H,19,21)(H,16,18,20). The van der Waals surface area contributed by atoms with Gasteiger partial charge in [0.05, 0.1) is 6.21 Å². The highest BCUT2D eigenvalue weighted by Crippen LogP contribution is 2.31. The first-order valence-electron chi connectivity index (χ1n) is 6.67. The van der Waals surface area contributed by atoms with Crippen molar-refractivity contribution in [3.63, 3.8) is 0 Å². The summed E-state index contributed by atoms with van der Waals surface area (Å²) < 4.78 is 10.4. The fourth-order valence-electron chi connectivity index (χ4n) is 1.82. The summed E-state index contributed by atoms with van der Waals surface area (Å²) in [5.74, 6) is -0.208. The summed E-state index contributed by atoms with van der Waals surface area (Å²) in [5, 5.41) is 6.08. The van der Waals surface area contributed by atoms with Crippen molar-refractivity contribution in [2.45, 2.75) is 0 Å². The molecule has 8 heteroatoms. The van der Waals surface area contributed by atoms with Gasteiger partial charge in [-0.05, 0) is 35.9 Å². The third-order valence-electron chi connectivity index (χ3n) is 2.89. The number of hydrogen-bond acceptors (Lipinski definition) is 6. The van der Waals surface area contributed by atoms with E-state index in [1.54, 1.807) is 36.4 Å². The molecule has 1 aliphatic rings. The Hall–Kier alpha value is -3.42. The third-order valence-corrected chi connectivity index (χ3v) is 2.89. The van der Waals surface area contributed by atoms with Gasteiger partial charge >= 0.3 is 11.8 Å². The summed E-state index contributed by atoms with van der Waals surface area (Å²) in [6.45, 7) is 0.181. The number of nitrogens with one attached hydrogen (secondary N) is 2. The van der Waals surface area contributed by atoms with Crippen LogP contribution in [-0.2, 0) is 9.59 Å². The maximum Gasteiger partial charge on any atom is 0.329 e. The molecule has 0 fully saturated rings. The van der Waals surface area contributed by atoms with Gasteiger partial charge in [-0.2, -0.15) is 5.10 Å². The Morgan fingerprint density at radius 1 is 1.13 bits per heavy atom. The number of carbonyl (C=O) groups excluding carboxylic acids is 2. The predicted octanol–water partition coefficient (Wildman–Crippen LogP) is 0.899. The van der Waals surface area contributed by atoms with Crippen LogP contribution in [0.2, 0.25) is 0 Å². The van der Waals surface area contributed by atoms with Gasteiger partial charge in [-0.1, -0.05) is 6.07 Å². The fraction of sp³-hybridized carbons (Fsp3) is 0.0667. The van der Waals surface area contributed by atoms with E-state index in [-0.39, 0.29) is 12.6 Å². The highest BCUT2D eigenvalue weighted by molar-refractivity contribution is 6.39. The maximum atomic E-state index is 11.6. The number of amides is 2. The fourth-order valence-corrected chi connectivity index (χ4v) is 1.82. The van der Waals surface area contributed by atoms with Crippen LogP contribution in [0.4, 0.5) is 5.82 Å². The largest absolute Gasteiger partial charge is 0.454 e. The topological polar surface area (TPSA) is 102 Å². The number of anilines is 1. The van der Waals surface area contributed by atoms with E-state index in [0.717, 1.165) is 0 Å². The maximum absolute atomic E-state index is 11.6. The molecule has 1 aliphatic heterocycles. The van der Waals surface area contributed by atoms with Crippen molar-refractivity contribution in [2.75, 3.05) is 12.1 Å². The molecule has 23 heavy (non-hydrogen) atoms. The number of rotatable bonds is 3. The van der Waals surface area contributed by atoms with E-state index in [2.05, 4.69) is 20.8 Å². The van der Waals surface area contributed by atoms with Crippen LogP contribution in [0.15, 0.2) is 47.7 Å². The van der Waals surface area contributed by atoms with Crippen molar-refractivity contribution in [2.24, 2.45) is 5.10 Å². The molecule has 1 aromatic heterocycles. The van der Waals surface area contributed by atoms with Crippen LogP contribution >= 0.6 is 0 Å². The summed E-state index contributed by atoms with van der Waals surface area (Å²) in [6, 6.07) is 10.2. The number of hydrazone groups is 1. The van der Waals surface area contributed by atoms with Crippen molar-refractivity contribution in [3.05, 3.63) is 48.2 Å². The second-order valence-electron chi connectivity index (χ2n) is 4.48. The zero-order valence-corrected chi connectivity index (χ0v) is 11.9. The minimum absolute atomic E-state index is 0.181. The van der Waals surface area contributed by atoms with Gasteiger partial charge in [-0.25, -0.2) is 10.4 Å². The lowest BCUT2D eigenvalue weighted by Crippen LogP contribution is -2.32. The first-order valence-corrected chi connectivity index (χ1v) is 6.67. The van der Waals surface area contributed by atoms with Crippen molar-refractivity contribution in [3.8, 4) is 11.5 Å². The average Bonchev–Trinajstić information content (AvgIpc) is 3.03. The highest BCUT2D eigenvalue weighted by Gasteiger charge is 2.14. The van der Waals surface area contributed by atoms with Gasteiger partial charge in [0.2, 0.25) is 6.79 Å². The molecule has 116 valence electrons. The quantitative estimate of drug-likeness (QED) is 0.498. The van der Waals surface area contributed by atoms with Crippen molar-refractivity contribution in [1.82, 2.24) is 10.4 Å². The van der Waals surface area contributed by atoms with Crippen molar-refractivity contribution in [1.29, 1.82) is 0 Å². The molecule has 0 radical (unpaired) electrons. The van der Waals surface area contributed by atoms with E-state index in [0.29, 0.717) is 17.1 Å². The van der Waals surface area contributed by atoms with Gasteiger partial charge < -0.3 is 14.8 Å². The normalized spacial score (nSPS) is 12.2. The van der Waals surface area contributed by atoms with E-state index >= 15 is 0 Å². The zero-order valence-electron chi connectivity index (χ0n) is 11.9. The van der Waals surface area contributed by atoms with Gasteiger partial charge in [0, 0.05) is 6.20 Å². The van der Waals surface area contributed by atoms with Crippen LogP contribution in [-0.4, -0.2) is 29.8 Å². The summed E-state index contributed by atoms with van der Waals surface area (Å²) in [7, 11) is 0. The Labute approximate surface area is 131 Å². The van der Waals surface area contributed by atoms with E-state index in [1.165, 1.54) is 12.4 Å². The van der Waals surface area contributed by atoms with Crippen LogP contribution in [0.5, 0.6) is 11.5 Å². The Bertz CT molecular complexity index is 761. The number of nitrogens with zero attached hydrogens (tertiary/aromatic N) is 2. The van der Waals surface area contributed by atoms with Crippen molar-refractivity contribution >= 4 is 23.8 Å². The van der Waals surface area contributed by atoms with Crippen LogP contribution in [0.1, 0.15) is 5.56 Å². The number of pyridine rings is 1. The molecule has 0 unspecified atom stereocenters. The smallest absolute Gasteiger partial charge is 0.329 e. The second kappa shape index (κ2) is 6.56. The molecule has 0 aliphatic carbocycles. The molecule has 0 saturated heterocycles.